The van der Waals surface area contributed by atoms with Gasteiger partial charge in [0, 0.05) is 26.2 Å². The van der Waals surface area contributed by atoms with Crippen LogP contribution in [-0.4, -0.2) is 57.4 Å². The highest BCUT2D eigenvalue weighted by Gasteiger charge is 2.29. The molecule has 2 aliphatic heterocycles. The number of nitrogens with zero attached hydrogens (tertiary/aromatic N) is 2. The Balaban J connectivity index is 1.69. The number of hydrogen-bond donors (Lipinski definition) is 0. The number of piperazine rings is 1. The van der Waals surface area contributed by atoms with Gasteiger partial charge in [0.2, 0.25) is 0 Å². The Labute approximate surface area is 127 Å². The van der Waals surface area contributed by atoms with Crippen LogP contribution in [0.1, 0.15) is 25.3 Å². The van der Waals surface area contributed by atoms with Gasteiger partial charge >= 0.3 is 0 Å². The SMILES string of the molecule is COc1cc(C(C)C)ccc1N1CCN(C2COC2)CC1. The van der Waals surface area contributed by atoms with E-state index in [4.69, 9.17) is 9.47 Å². The summed E-state index contributed by atoms with van der Waals surface area (Å²) in [6.45, 7) is 10.6. The van der Waals surface area contributed by atoms with E-state index in [9.17, 15) is 0 Å². The molecule has 0 atom stereocenters. The molecule has 0 spiro atoms. The van der Waals surface area contributed by atoms with Crippen molar-refractivity contribution < 1.29 is 9.47 Å². The standard InChI is InChI=1S/C17H26N2O2/c1-13(2)14-4-5-16(17(10-14)20-3)19-8-6-18(7-9-19)15-11-21-12-15/h4-5,10,13,15H,6-9,11-12H2,1-3H3. The number of anilines is 1. The van der Waals surface area contributed by atoms with E-state index in [-0.39, 0.29) is 0 Å². The smallest absolute Gasteiger partial charge is 0.142 e. The summed E-state index contributed by atoms with van der Waals surface area (Å²) in [5, 5.41) is 0. The first kappa shape index (κ1) is 14.7. The van der Waals surface area contributed by atoms with Crippen molar-refractivity contribution in [2.24, 2.45) is 0 Å². The molecule has 116 valence electrons. The maximum Gasteiger partial charge on any atom is 0.142 e. The fourth-order valence-electron chi connectivity index (χ4n) is 3.08. The maximum absolute atomic E-state index is 5.62. The highest BCUT2D eigenvalue weighted by molar-refractivity contribution is 5.60. The maximum atomic E-state index is 5.62. The second kappa shape index (κ2) is 6.24. The molecular weight excluding hydrogens is 264 g/mol. The van der Waals surface area contributed by atoms with Crippen LogP contribution < -0.4 is 9.64 Å². The summed E-state index contributed by atoms with van der Waals surface area (Å²) in [5.74, 6) is 1.53. The Hall–Kier alpha value is -1.26. The van der Waals surface area contributed by atoms with E-state index in [0.717, 1.165) is 45.1 Å². The molecular formula is C17H26N2O2. The van der Waals surface area contributed by atoms with Gasteiger partial charge in [0.05, 0.1) is 32.1 Å². The number of ether oxygens (including phenoxy) is 2. The molecule has 0 N–H and O–H groups in total. The average Bonchev–Trinajstić information content (AvgIpc) is 2.45. The van der Waals surface area contributed by atoms with Gasteiger partial charge in [-0.3, -0.25) is 4.90 Å². The molecule has 21 heavy (non-hydrogen) atoms. The largest absolute Gasteiger partial charge is 0.495 e. The summed E-state index contributed by atoms with van der Waals surface area (Å²) in [6, 6.07) is 7.29. The van der Waals surface area contributed by atoms with Crippen LogP contribution in [0.2, 0.25) is 0 Å². The normalized spacial score (nSPS) is 20.7. The summed E-state index contributed by atoms with van der Waals surface area (Å²) in [6.07, 6.45) is 0. The minimum absolute atomic E-state index is 0.531. The van der Waals surface area contributed by atoms with Crippen LogP contribution in [-0.2, 0) is 4.74 Å². The molecule has 1 aromatic carbocycles. The lowest BCUT2D eigenvalue weighted by Crippen LogP contribution is -2.56. The minimum atomic E-state index is 0.531. The summed E-state index contributed by atoms with van der Waals surface area (Å²) in [5.41, 5.74) is 2.56. The van der Waals surface area contributed by atoms with Gasteiger partial charge in [0.15, 0.2) is 0 Å². The van der Waals surface area contributed by atoms with E-state index in [0.29, 0.717) is 12.0 Å². The van der Waals surface area contributed by atoms with Crippen molar-refractivity contribution in [3.05, 3.63) is 23.8 Å². The molecule has 0 bridgehead atoms. The predicted molar refractivity (Wildman–Crippen MR) is 85.5 cm³/mol. The van der Waals surface area contributed by atoms with Crippen LogP contribution in [0.25, 0.3) is 0 Å². The quantitative estimate of drug-likeness (QED) is 0.850. The van der Waals surface area contributed by atoms with Gasteiger partial charge < -0.3 is 14.4 Å². The zero-order valence-electron chi connectivity index (χ0n) is 13.3. The fourth-order valence-corrected chi connectivity index (χ4v) is 3.08. The Morgan fingerprint density at radius 1 is 1.14 bits per heavy atom. The molecule has 2 heterocycles. The van der Waals surface area contributed by atoms with E-state index in [1.54, 1.807) is 7.11 Å². The third-order valence-corrected chi connectivity index (χ3v) is 4.66. The lowest BCUT2D eigenvalue weighted by Gasteiger charge is -2.43. The van der Waals surface area contributed by atoms with Crippen LogP contribution in [0.15, 0.2) is 18.2 Å². The highest BCUT2D eigenvalue weighted by Crippen LogP contribution is 2.32. The molecule has 1 aromatic rings. The zero-order valence-corrected chi connectivity index (χ0v) is 13.3. The van der Waals surface area contributed by atoms with E-state index < -0.39 is 0 Å². The lowest BCUT2D eigenvalue weighted by molar-refractivity contribution is -0.0660. The van der Waals surface area contributed by atoms with E-state index in [1.165, 1.54) is 11.3 Å². The molecule has 0 unspecified atom stereocenters. The van der Waals surface area contributed by atoms with Gasteiger partial charge in [-0.2, -0.15) is 0 Å². The number of hydrogen-bond acceptors (Lipinski definition) is 4. The monoisotopic (exact) mass is 290 g/mol. The van der Waals surface area contributed by atoms with E-state index in [1.807, 2.05) is 0 Å². The molecule has 0 amide bonds. The van der Waals surface area contributed by atoms with Gasteiger partial charge in [0.25, 0.3) is 0 Å². The average molecular weight is 290 g/mol. The van der Waals surface area contributed by atoms with Crippen molar-refractivity contribution in [2.75, 3.05) is 51.4 Å². The van der Waals surface area contributed by atoms with Crippen molar-refractivity contribution >= 4 is 5.69 Å². The summed E-state index contributed by atoms with van der Waals surface area (Å²) in [4.78, 5) is 4.99. The summed E-state index contributed by atoms with van der Waals surface area (Å²) < 4.78 is 10.9. The molecule has 0 saturated carbocycles. The van der Waals surface area contributed by atoms with Crippen LogP contribution in [0.4, 0.5) is 5.69 Å². The highest BCUT2D eigenvalue weighted by atomic mass is 16.5. The zero-order chi connectivity index (χ0) is 14.8. The van der Waals surface area contributed by atoms with Gasteiger partial charge in [-0.1, -0.05) is 19.9 Å². The predicted octanol–water partition coefficient (Wildman–Crippen LogP) is 2.34. The molecule has 0 aromatic heterocycles. The van der Waals surface area contributed by atoms with Crippen LogP contribution in [0.3, 0.4) is 0 Å². The van der Waals surface area contributed by atoms with Gasteiger partial charge in [0.1, 0.15) is 5.75 Å². The summed E-state index contributed by atoms with van der Waals surface area (Å²) >= 11 is 0. The van der Waals surface area contributed by atoms with Crippen molar-refractivity contribution in [1.29, 1.82) is 0 Å². The minimum Gasteiger partial charge on any atom is -0.495 e. The first-order valence-corrected chi connectivity index (χ1v) is 7.93. The first-order chi connectivity index (χ1) is 10.2. The van der Waals surface area contributed by atoms with Crippen molar-refractivity contribution in [3.63, 3.8) is 0 Å². The number of methoxy groups -OCH3 is 1. The topological polar surface area (TPSA) is 24.9 Å². The second-order valence-corrected chi connectivity index (χ2v) is 6.30. The molecule has 0 radical (unpaired) electrons. The van der Waals surface area contributed by atoms with Crippen LogP contribution >= 0.6 is 0 Å². The van der Waals surface area contributed by atoms with E-state index in [2.05, 4.69) is 41.8 Å². The molecule has 0 aliphatic carbocycles. The van der Waals surface area contributed by atoms with Gasteiger partial charge in [-0.05, 0) is 23.6 Å². The molecule has 2 aliphatic rings. The Morgan fingerprint density at radius 3 is 2.38 bits per heavy atom. The van der Waals surface area contributed by atoms with Gasteiger partial charge in [-0.15, -0.1) is 0 Å². The van der Waals surface area contributed by atoms with E-state index >= 15 is 0 Å². The Morgan fingerprint density at radius 2 is 1.86 bits per heavy atom. The third-order valence-electron chi connectivity index (χ3n) is 4.66. The van der Waals surface area contributed by atoms with Crippen LogP contribution in [0, 0.1) is 0 Å². The Kier molecular flexibility index (Phi) is 4.36. The first-order valence-electron chi connectivity index (χ1n) is 7.93. The summed E-state index contributed by atoms with van der Waals surface area (Å²) in [7, 11) is 1.77. The molecule has 3 rings (SSSR count). The third kappa shape index (κ3) is 3.01. The van der Waals surface area contributed by atoms with Crippen LogP contribution in [0.5, 0.6) is 5.75 Å². The Bertz CT molecular complexity index is 478. The molecule has 4 nitrogen and oxygen atoms in total. The van der Waals surface area contributed by atoms with Crippen molar-refractivity contribution in [1.82, 2.24) is 4.90 Å². The fraction of sp³-hybridized carbons (Fsp3) is 0.647. The lowest BCUT2D eigenvalue weighted by atomic mass is 10.0. The second-order valence-electron chi connectivity index (χ2n) is 6.30. The van der Waals surface area contributed by atoms with Crippen molar-refractivity contribution in [3.8, 4) is 5.75 Å². The molecule has 2 fully saturated rings. The molecule has 4 heteroatoms. The molecule has 2 saturated heterocycles. The van der Waals surface area contributed by atoms with Crippen molar-refractivity contribution in [2.45, 2.75) is 25.8 Å². The van der Waals surface area contributed by atoms with Gasteiger partial charge in [-0.25, -0.2) is 0 Å². The number of benzene rings is 1. The number of rotatable bonds is 4.